The molecule has 20 heavy (non-hydrogen) atoms. The van der Waals surface area contributed by atoms with Crippen LogP contribution in [0.15, 0.2) is 18.2 Å². The number of hydrogen-bond donors (Lipinski definition) is 2. The van der Waals surface area contributed by atoms with E-state index in [0.717, 1.165) is 12.1 Å². The third kappa shape index (κ3) is 5.52. The Labute approximate surface area is 116 Å². The first kappa shape index (κ1) is 16.4. The molecule has 0 aromatic heterocycles. The van der Waals surface area contributed by atoms with Crippen LogP contribution >= 0.6 is 0 Å². The van der Waals surface area contributed by atoms with Crippen molar-refractivity contribution in [2.24, 2.45) is 5.92 Å². The number of carbonyl (C=O) groups is 1. The lowest BCUT2D eigenvalue weighted by atomic mass is 10.0. The Morgan fingerprint density at radius 3 is 2.65 bits per heavy atom. The fraction of sp³-hybridized carbons (Fsp3) is 0.500. The first-order valence-corrected chi connectivity index (χ1v) is 6.40. The molecule has 0 spiro atoms. The lowest BCUT2D eigenvalue weighted by molar-refractivity contribution is -0.124. The van der Waals surface area contributed by atoms with E-state index in [0.29, 0.717) is 18.4 Å². The van der Waals surface area contributed by atoms with Crippen LogP contribution in [0, 0.1) is 17.6 Å². The van der Waals surface area contributed by atoms with Crippen molar-refractivity contribution in [2.75, 3.05) is 13.2 Å². The Hall–Kier alpha value is -1.69. The summed E-state index contributed by atoms with van der Waals surface area (Å²) in [4.78, 5) is 11.6. The number of amides is 1. The van der Waals surface area contributed by atoms with Gasteiger partial charge in [-0.15, -0.1) is 0 Å². The van der Waals surface area contributed by atoms with E-state index < -0.39 is 24.1 Å². The fourth-order valence-electron chi connectivity index (χ4n) is 1.75. The summed E-state index contributed by atoms with van der Waals surface area (Å²) in [6.07, 6.45) is 0.632. The molecule has 1 unspecified atom stereocenters. The molecule has 0 saturated heterocycles. The molecule has 4 nitrogen and oxygen atoms in total. The van der Waals surface area contributed by atoms with Crippen molar-refractivity contribution < 1.29 is 23.4 Å². The van der Waals surface area contributed by atoms with E-state index >= 15 is 0 Å². The van der Waals surface area contributed by atoms with Gasteiger partial charge in [0.25, 0.3) is 5.91 Å². The van der Waals surface area contributed by atoms with Gasteiger partial charge < -0.3 is 15.2 Å². The van der Waals surface area contributed by atoms with Gasteiger partial charge in [0.1, 0.15) is 5.82 Å². The molecule has 112 valence electrons. The van der Waals surface area contributed by atoms with Crippen LogP contribution in [0.5, 0.6) is 5.75 Å². The lowest BCUT2D eigenvalue weighted by Crippen LogP contribution is -2.40. The summed E-state index contributed by atoms with van der Waals surface area (Å²) >= 11 is 0. The quantitative estimate of drug-likeness (QED) is 0.805. The van der Waals surface area contributed by atoms with Crippen LogP contribution in [0.25, 0.3) is 0 Å². The highest BCUT2D eigenvalue weighted by Gasteiger charge is 2.14. The average Bonchev–Trinajstić information content (AvgIpc) is 2.36. The molecule has 0 aliphatic carbocycles. The molecule has 1 aromatic carbocycles. The van der Waals surface area contributed by atoms with Crippen LogP contribution in [0.4, 0.5) is 8.78 Å². The summed E-state index contributed by atoms with van der Waals surface area (Å²) in [7, 11) is 0. The molecule has 1 atom stereocenters. The van der Waals surface area contributed by atoms with Crippen LogP contribution in [-0.2, 0) is 4.79 Å². The number of hydrogen-bond acceptors (Lipinski definition) is 3. The monoisotopic (exact) mass is 287 g/mol. The number of ether oxygens (including phenoxy) is 1. The molecule has 0 bridgehead atoms. The molecule has 0 saturated carbocycles. The summed E-state index contributed by atoms with van der Waals surface area (Å²) < 4.78 is 30.9. The van der Waals surface area contributed by atoms with Crippen molar-refractivity contribution in [1.29, 1.82) is 0 Å². The number of aliphatic hydroxyl groups is 1. The van der Waals surface area contributed by atoms with Crippen LogP contribution in [0.1, 0.15) is 20.3 Å². The van der Waals surface area contributed by atoms with Gasteiger partial charge in [-0.05, 0) is 24.5 Å². The van der Waals surface area contributed by atoms with Crippen LogP contribution < -0.4 is 10.1 Å². The maximum atomic E-state index is 13.3. The molecule has 0 heterocycles. The summed E-state index contributed by atoms with van der Waals surface area (Å²) in [6, 6.07) is 2.49. The van der Waals surface area contributed by atoms with Gasteiger partial charge in [-0.1, -0.05) is 13.8 Å². The maximum absolute atomic E-state index is 13.3. The van der Waals surface area contributed by atoms with E-state index in [9.17, 15) is 13.6 Å². The van der Waals surface area contributed by atoms with Gasteiger partial charge in [-0.25, -0.2) is 8.78 Å². The second-order valence-corrected chi connectivity index (χ2v) is 4.94. The van der Waals surface area contributed by atoms with Gasteiger partial charge in [0.15, 0.2) is 18.2 Å². The van der Waals surface area contributed by atoms with E-state index in [1.807, 2.05) is 13.8 Å². The Morgan fingerprint density at radius 1 is 1.40 bits per heavy atom. The Morgan fingerprint density at radius 2 is 2.10 bits per heavy atom. The fourth-order valence-corrected chi connectivity index (χ4v) is 1.75. The molecule has 0 aliphatic rings. The Kier molecular flexibility index (Phi) is 6.38. The lowest BCUT2D eigenvalue weighted by Gasteiger charge is -2.18. The van der Waals surface area contributed by atoms with Crippen molar-refractivity contribution >= 4 is 5.91 Å². The summed E-state index contributed by atoms with van der Waals surface area (Å²) in [6.45, 7) is 3.38. The Balaban J connectivity index is 2.46. The van der Waals surface area contributed by atoms with Crippen LogP contribution in [0.2, 0.25) is 0 Å². The summed E-state index contributed by atoms with van der Waals surface area (Å²) in [5, 5.41) is 11.7. The van der Waals surface area contributed by atoms with Crippen molar-refractivity contribution in [3.63, 3.8) is 0 Å². The summed E-state index contributed by atoms with van der Waals surface area (Å²) in [5.41, 5.74) is 0. The Bertz CT molecular complexity index is 452. The van der Waals surface area contributed by atoms with E-state index in [1.54, 1.807) is 0 Å². The van der Waals surface area contributed by atoms with Crippen LogP contribution in [0.3, 0.4) is 0 Å². The SMILES string of the molecule is CC(C)CC(CO)NC(=O)COc1ccc(F)cc1F. The highest BCUT2D eigenvalue weighted by molar-refractivity contribution is 5.77. The zero-order valence-corrected chi connectivity index (χ0v) is 11.5. The molecule has 6 heteroatoms. The maximum Gasteiger partial charge on any atom is 0.258 e. The minimum absolute atomic E-state index is 0.172. The number of rotatable bonds is 7. The number of halogens is 2. The zero-order valence-electron chi connectivity index (χ0n) is 11.5. The topological polar surface area (TPSA) is 58.6 Å². The van der Waals surface area contributed by atoms with Gasteiger partial charge in [0.2, 0.25) is 0 Å². The van der Waals surface area contributed by atoms with Crippen molar-refractivity contribution in [3.8, 4) is 5.75 Å². The summed E-state index contributed by atoms with van der Waals surface area (Å²) in [5.74, 6) is -1.91. The largest absolute Gasteiger partial charge is 0.481 e. The third-order valence-corrected chi connectivity index (χ3v) is 2.59. The number of nitrogens with one attached hydrogen (secondary N) is 1. The number of aliphatic hydroxyl groups excluding tert-OH is 1. The first-order valence-electron chi connectivity index (χ1n) is 6.40. The molecule has 0 aliphatic heterocycles. The normalized spacial score (nSPS) is 12.3. The van der Waals surface area contributed by atoms with Gasteiger partial charge in [-0.2, -0.15) is 0 Å². The predicted molar refractivity (Wildman–Crippen MR) is 70.3 cm³/mol. The van der Waals surface area contributed by atoms with Crippen LogP contribution in [-0.4, -0.2) is 30.3 Å². The number of carbonyl (C=O) groups excluding carboxylic acids is 1. The molecule has 0 fully saturated rings. The van der Waals surface area contributed by atoms with Gasteiger partial charge in [0, 0.05) is 6.07 Å². The standard InChI is InChI=1S/C14H19F2NO3/c1-9(2)5-11(7-18)17-14(19)8-20-13-4-3-10(15)6-12(13)16/h3-4,6,9,11,18H,5,7-8H2,1-2H3,(H,17,19). The molecule has 1 aromatic rings. The van der Waals surface area contributed by atoms with Crippen molar-refractivity contribution in [1.82, 2.24) is 5.32 Å². The van der Waals surface area contributed by atoms with E-state index in [1.165, 1.54) is 0 Å². The predicted octanol–water partition coefficient (Wildman–Crippen LogP) is 1.87. The van der Waals surface area contributed by atoms with E-state index in [4.69, 9.17) is 9.84 Å². The highest BCUT2D eigenvalue weighted by Crippen LogP contribution is 2.17. The molecule has 2 N–H and O–H groups in total. The molecular weight excluding hydrogens is 268 g/mol. The van der Waals surface area contributed by atoms with E-state index in [-0.39, 0.29) is 18.4 Å². The second kappa shape index (κ2) is 7.79. The van der Waals surface area contributed by atoms with Crippen molar-refractivity contribution in [2.45, 2.75) is 26.3 Å². The molecule has 1 amide bonds. The number of benzene rings is 1. The second-order valence-electron chi connectivity index (χ2n) is 4.94. The molecular formula is C14H19F2NO3. The van der Waals surface area contributed by atoms with Gasteiger partial charge >= 0.3 is 0 Å². The van der Waals surface area contributed by atoms with E-state index in [2.05, 4.69) is 5.32 Å². The minimum atomic E-state index is -0.862. The van der Waals surface area contributed by atoms with Gasteiger partial charge in [0.05, 0.1) is 12.6 Å². The molecule has 0 radical (unpaired) electrons. The van der Waals surface area contributed by atoms with Crippen molar-refractivity contribution in [3.05, 3.63) is 29.8 Å². The first-order chi connectivity index (χ1) is 9.42. The molecule has 1 rings (SSSR count). The van der Waals surface area contributed by atoms with Gasteiger partial charge in [-0.3, -0.25) is 4.79 Å². The third-order valence-electron chi connectivity index (χ3n) is 2.59. The smallest absolute Gasteiger partial charge is 0.258 e. The zero-order chi connectivity index (χ0) is 15.1. The average molecular weight is 287 g/mol. The minimum Gasteiger partial charge on any atom is -0.481 e. The highest BCUT2D eigenvalue weighted by atomic mass is 19.1.